The fourth-order valence-corrected chi connectivity index (χ4v) is 3.65. The third-order valence-corrected chi connectivity index (χ3v) is 4.56. The Labute approximate surface area is 113 Å². The van der Waals surface area contributed by atoms with E-state index in [0.29, 0.717) is 18.2 Å². The van der Waals surface area contributed by atoms with Gasteiger partial charge >= 0.3 is 0 Å². The molecule has 1 aromatic rings. The molecule has 0 unspecified atom stereocenters. The number of aromatic nitrogens is 1. The van der Waals surface area contributed by atoms with Crippen LogP contribution in [0.2, 0.25) is 0 Å². The van der Waals surface area contributed by atoms with Gasteiger partial charge in [0.25, 0.3) is 0 Å². The molecule has 1 heterocycles. The molecule has 2 saturated carbocycles. The van der Waals surface area contributed by atoms with Crippen molar-refractivity contribution in [1.29, 1.82) is 0 Å². The fraction of sp³-hybridized carbons (Fsp3) is 0.600. The van der Waals surface area contributed by atoms with Crippen molar-refractivity contribution in [3.8, 4) is 5.88 Å². The van der Waals surface area contributed by atoms with Crippen LogP contribution in [0.25, 0.3) is 0 Å². The van der Waals surface area contributed by atoms with Gasteiger partial charge in [-0.05, 0) is 43.1 Å². The van der Waals surface area contributed by atoms with E-state index in [1.807, 2.05) is 6.07 Å². The van der Waals surface area contributed by atoms with E-state index in [4.69, 9.17) is 4.74 Å². The van der Waals surface area contributed by atoms with Crippen LogP contribution in [0.4, 0.5) is 5.69 Å². The summed E-state index contributed by atoms with van der Waals surface area (Å²) in [6.45, 7) is 0. The number of nitrogens with zero attached hydrogens (tertiary/aromatic N) is 1. The second-order valence-corrected chi connectivity index (χ2v) is 5.78. The maximum Gasteiger partial charge on any atom is 0.224 e. The second kappa shape index (κ2) is 5.19. The molecule has 1 aromatic heterocycles. The summed E-state index contributed by atoms with van der Waals surface area (Å²) in [5.41, 5.74) is 0.744. The lowest BCUT2D eigenvalue weighted by molar-refractivity contribution is -0.117. The van der Waals surface area contributed by atoms with E-state index in [0.717, 1.165) is 17.5 Å². The summed E-state index contributed by atoms with van der Waals surface area (Å²) < 4.78 is 4.99. The maximum absolute atomic E-state index is 12.0. The lowest BCUT2D eigenvalue weighted by Gasteiger charge is -2.20. The molecular weight excluding hydrogens is 240 g/mol. The number of rotatable bonds is 4. The summed E-state index contributed by atoms with van der Waals surface area (Å²) >= 11 is 0. The van der Waals surface area contributed by atoms with E-state index in [1.165, 1.54) is 25.7 Å². The number of carbonyl (C=O) groups is 1. The van der Waals surface area contributed by atoms with E-state index in [-0.39, 0.29) is 5.91 Å². The lowest BCUT2D eigenvalue weighted by atomic mass is 9.86. The van der Waals surface area contributed by atoms with E-state index in [1.54, 1.807) is 19.4 Å². The number of nitrogens with one attached hydrogen (secondary N) is 1. The van der Waals surface area contributed by atoms with Crippen molar-refractivity contribution in [2.24, 2.45) is 17.8 Å². The summed E-state index contributed by atoms with van der Waals surface area (Å²) in [6.07, 6.45) is 7.60. The largest absolute Gasteiger partial charge is 0.481 e. The Kier molecular flexibility index (Phi) is 3.40. The summed E-state index contributed by atoms with van der Waals surface area (Å²) in [5.74, 6) is 2.97. The summed E-state index contributed by atoms with van der Waals surface area (Å²) in [5, 5.41) is 2.92. The van der Waals surface area contributed by atoms with Crippen molar-refractivity contribution < 1.29 is 9.53 Å². The van der Waals surface area contributed by atoms with Crippen LogP contribution in [0.15, 0.2) is 18.3 Å². The molecule has 2 aliphatic carbocycles. The van der Waals surface area contributed by atoms with Crippen molar-refractivity contribution in [3.63, 3.8) is 0 Å². The van der Waals surface area contributed by atoms with Crippen LogP contribution in [0.3, 0.4) is 0 Å². The summed E-state index contributed by atoms with van der Waals surface area (Å²) in [6, 6.07) is 3.58. The number of fused-ring (bicyclic) bond motifs is 2. The molecule has 19 heavy (non-hydrogen) atoms. The maximum atomic E-state index is 12.0. The molecule has 0 saturated heterocycles. The predicted molar refractivity (Wildman–Crippen MR) is 73.0 cm³/mol. The van der Waals surface area contributed by atoms with Crippen LogP contribution in [0.5, 0.6) is 5.88 Å². The van der Waals surface area contributed by atoms with Crippen LogP contribution >= 0.6 is 0 Å². The molecule has 2 bridgehead atoms. The van der Waals surface area contributed by atoms with Crippen molar-refractivity contribution >= 4 is 11.6 Å². The number of methoxy groups -OCH3 is 1. The average molecular weight is 260 g/mol. The minimum atomic E-state index is 0.115. The molecule has 0 radical (unpaired) electrons. The average Bonchev–Trinajstić information content (AvgIpc) is 3.02. The number of hydrogen-bond donors (Lipinski definition) is 1. The highest BCUT2D eigenvalue weighted by atomic mass is 16.5. The first kappa shape index (κ1) is 12.5. The highest BCUT2D eigenvalue weighted by Gasteiger charge is 2.40. The fourth-order valence-electron chi connectivity index (χ4n) is 3.65. The Balaban J connectivity index is 1.53. The molecule has 2 aliphatic rings. The zero-order valence-corrected chi connectivity index (χ0v) is 11.3. The molecule has 0 spiro atoms. The second-order valence-electron chi connectivity index (χ2n) is 5.78. The van der Waals surface area contributed by atoms with Crippen molar-refractivity contribution in [2.75, 3.05) is 12.4 Å². The number of pyridine rings is 1. The number of carbonyl (C=O) groups excluding carboxylic acids is 1. The van der Waals surface area contributed by atoms with Crippen LogP contribution in [0.1, 0.15) is 32.1 Å². The van der Waals surface area contributed by atoms with Gasteiger partial charge in [0, 0.05) is 12.5 Å². The van der Waals surface area contributed by atoms with Gasteiger partial charge in [0.2, 0.25) is 11.8 Å². The molecular formula is C15H20N2O2. The summed E-state index contributed by atoms with van der Waals surface area (Å²) in [4.78, 5) is 16.1. The highest BCUT2D eigenvalue weighted by Crippen LogP contribution is 2.49. The third-order valence-electron chi connectivity index (χ3n) is 4.56. The first-order chi connectivity index (χ1) is 9.24. The first-order valence-electron chi connectivity index (χ1n) is 7.04. The normalized spacial score (nSPS) is 28.4. The minimum absolute atomic E-state index is 0.115. The zero-order chi connectivity index (χ0) is 13.2. The topological polar surface area (TPSA) is 51.2 Å². The highest BCUT2D eigenvalue weighted by molar-refractivity contribution is 5.90. The molecule has 0 aromatic carbocycles. The molecule has 2 fully saturated rings. The predicted octanol–water partition coefficient (Wildman–Crippen LogP) is 2.86. The minimum Gasteiger partial charge on any atom is -0.481 e. The van der Waals surface area contributed by atoms with E-state index in [9.17, 15) is 4.79 Å². The standard InChI is InChI=1S/C15H20N2O2/c1-19-15-5-4-13(9-16-15)17-14(18)8-12-7-10-2-3-11(12)6-10/h4-5,9-12H,2-3,6-8H2,1H3,(H,17,18)/t10-,11-,12+/m1/s1. The molecule has 3 atom stereocenters. The van der Waals surface area contributed by atoms with Gasteiger partial charge in [-0.3, -0.25) is 4.79 Å². The van der Waals surface area contributed by atoms with Crippen LogP contribution in [0, 0.1) is 17.8 Å². The molecule has 4 nitrogen and oxygen atoms in total. The van der Waals surface area contributed by atoms with Gasteiger partial charge < -0.3 is 10.1 Å². The van der Waals surface area contributed by atoms with Gasteiger partial charge in [-0.15, -0.1) is 0 Å². The number of amides is 1. The number of hydrogen-bond acceptors (Lipinski definition) is 3. The molecule has 3 rings (SSSR count). The van der Waals surface area contributed by atoms with Gasteiger partial charge in [-0.2, -0.15) is 0 Å². The Bertz CT molecular complexity index is 458. The van der Waals surface area contributed by atoms with Crippen molar-refractivity contribution in [3.05, 3.63) is 18.3 Å². The van der Waals surface area contributed by atoms with Crippen LogP contribution in [-0.2, 0) is 4.79 Å². The van der Waals surface area contributed by atoms with Gasteiger partial charge in [0.15, 0.2) is 0 Å². The first-order valence-corrected chi connectivity index (χ1v) is 7.04. The quantitative estimate of drug-likeness (QED) is 0.905. The smallest absolute Gasteiger partial charge is 0.224 e. The molecule has 1 N–H and O–H groups in total. The SMILES string of the molecule is COc1ccc(NC(=O)C[C@@H]2C[C@@H]3CC[C@@H]2C3)cn1. The Morgan fingerprint density at radius 2 is 2.32 bits per heavy atom. The molecule has 0 aliphatic heterocycles. The van der Waals surface area contributed by atoms with E-state index in [2.05, 4.69) is 10.3 Å². The van der Waals surface area contributed by atoms with Gasteiger partial charge in [0.05, 0.1) is 19.0 Å². The van der Waals surface area contributed by atoms with Gasteiger partial charge in [-0.25, -0.2) is 4.98 Å². The number of anilines is 1. The zero-order valence-electron chi connectivity index (χ0n) is 11.3. The Morgan fingerprint density at radius 3 is 2.89 bits per heavy atom. The summed E-state index contributed by atoms with van der Waals surface area (Å²) in [7, 11) is 1.58. The lowest BCUT2D eigenvalue weighted by Crippen LogP contribution is -2.20. The van der Waals surface area contributed by atoms with Crippen molar-refractivity contribution in [1.82, 2.24) is 4.98 Å². The van der Waals surface area contributed by atoms with E-state index < -0.39 is 0 Å². The molecule has 102 valence electrons. The van der Waals surface area contributed by atoms with Gasteiger partial charge in [0.1, 0.15) is 0 Å². The molecule has 1 amide bonds. The Hall–Kier alpha value is -1.58. The van der Waals surface area contributed by atoms with Gasteiger partial charge in [-0.1, -0.05) is 6.42 Å². The van der Waals surface area contributed by atoms with Crippen molar-refractivity contribution in [2.45, 2.75) is 32.1 Å². The van der Waals surface area contributed by atoms with Crippen LogP contribution < -0.4 is 10.1 Å². The monoisotopic (exact) mass is 260 g/mol. The Morgan fingerprint density at radius 1 is 1.42 bits per heavy atom. The van der Waals surface area contributed by atoms with E-state index >= 15 is 0 Å². The third kappa shape index (κ3) is 2.72. The van der Waals surface area contributed by atoms with Crippen LogP contribution in [-0.4, -0.2) is 18.0 Å². The molecule has 4 heteroatoms. The number of ether oxygens (including phenoxy) is 1.